The zero-order valence-corrected chi connectivity index (χ0v) is 11.8. The molecule has 0 saturated heterocycles. The summed E-state index contributed by atoms with van der Waals surface area (Å²) >= 11 is 0. The van der Waals surface area contributed by atoms with E-state index >= 15 is 0 Å². The summed E-state index contributed by atoms with van der Waals surface area (Å²) in [5.41, 5.74) is -0.257. The van der Waals surface area contributed by atoms with Crippen LogP contribution in [0.4, 0.5) is 0 Å². The minimum absolute atomic E-state index is 0.257. The highest BCUT2D eigenvalue weighted by Crippen LogP contribution is 2.30. The summed E-state index contributed by atoms with van der Waals surface area (Å²) in [6, 6.07) is 0. The lowest BCUT2D eigenvalue weighted by Crippen LogP contribution is -2.33. The Morgan fingerprint density at radius 3 is 1.88 bits per heavy atom. The second-order valence-electron chi connectivity index (χ2n) is 5.79. The van der Waals surface area contributed by atoms with E-state index in [0.717, 1.165) is 19.3 Å². The molecule has 3 heteroatoms. The van der Waals surface area contributed by atoms with Gasteiger partial charge in [-0.05, 0) is 37.5 Å². The van der Waals surface area contributed by atoms with Crippen molar-refractivity contribution in [3.05, 3.63) is 0 Å². The van der Waals surface area contributed by atoms with E-state index in [0.29, 0.717) is 19.3 Å². The van der Waals surface area contributed by atoms with Crippen LogP contribution in [0.5, 0.6) is 0 Å². The number of rotatable bonds is 9. The molecule has 0 aromatic carbocycles. The standard InChI is InChI=1S/C14H30O3/c1-5-7-13(17)14(3,4)10-12(16)9-8-11(15)6-2/h11-13,15-17H,5-10H2,1-4H3. The van der Waals surface area contributed by atoms with E-state index in [1.807, 2.05) is 27.7 Å². The summed E-state index contributed by atoms with van der Waals surface area (Å²) in [6.07, 6.45) is 3.19. The molecule has 104 valence electrons. The lowest BCUT2D eigenvalue weighted by atomic mass is 9.78. The predicted molar refractivity (Wildman–Crippen MR) is 70.9 cm³/mol. The summed E-state index contributed by atoms with van der Waals surface area (Å²) < 4.78 is 0. The molecule has 17 heavy (non-hydrogen) atoms. The zero-order chi connectivity index (χ0) is 13.5. The molecule has 0 spiro atoms. The van der Waals surface area contributed by atoms with Gasteiger partial charge < -0.3 is 15.3 Å². The van der Waals surface area contributed by atoms with Crippen LogP contribution in [-0.4, -0.2) is 33.6 Å². The molecule has 3 N–H and O–H groups in total. The molecule has 0 aromatic rings. The van der Waals surface area contributed by atoms with Gasteiger partial charge in [-0.15, -0.1) is 0 Å². The first-order valence-electron chi connectivity index (χ1n) is 6.87. The largest absolute Gasteiger partial charge is 0.393 e. The van der Waals surface area contributed by atoms with Crippen LogP contribution < -0.4 is 0 Å². The van der Waals surface area contributed by atoms with Gasteiger partial charge in [-0.2, -0.15) is 0 Å². The Kier molecular flexibility index (Phi) is 8.01. The highest BCUT2D eigenvalue weighted by Gasteiger charge is 2.29. The molecule has 0 radical (unpaired) electrons. The van der Waals surface area contributed by atoms with E-state index in [9.17, 15) is 15.3 Å². The van der Waals surface area contributed by atoms with Crippen molar-refractivity contribution >= 4 is 0 Å². The quantitative estimate of drug-likeness (QED) is 0.586. The third kappa shape index (κ3) is 7.02. The molecule has 0 heterocycles. The molecular formula is C14H30O3. The van der Waals surface area contributed by atoms with Crippen LogP contribution >= 0.6 is 0 Å². The van der Waals surface area contributed by atoms with Gasteiger partial charge >= 0.3 is 0 Å². The molecule has 3 atom stereocenters. The topological polar surface area (TPSA) is 60.7 Å². The van der Waals surface area contributed by atoms with E-state index in [2.05, 4.69) is 0 Å². The van der Waals surface area contributed by atoms with Crippen molar-refractivity contribution in [3.8, 4) is 0 Å². The smallest absolute Gasteiger partial charge is 0.0592 e. The molecule has 0 saturated carbocycles. The molecule has 0 rings (SSSR count). The molecule has 3 unspecified atom stereocenters. The molecule has 0 amide bonds. The molecule has 0 aromatic heterocycles. The van der Waals surface area contributed by atoms with Crippen molar-refractivity contribution < 1.29 is 15.3 Å². The Balaban J connectivity index is 4.03. The zero-order valence-electron chi connectivity index (χ0n) is 11.8. The third-order valence-electron chi connectivity index (χ3n) is 3.53. The monoisotopic (exact) mass is 246 g/mol. The third-order valence-corrected chi connectivity index (χ3v) is 3.53. The highest BCUT2D eigenvalue weighted by molar-refractivity contribution is 4.80. The first-order chi connectivity index (χ1) is 7.83. The lowest BCUT2D eigenvalue weighted by Gasteiger charge is -2.32. The Hall–Kier alpha value is -0.120. The van der Waals surface area contributed by atoms with Crippen LogP contribution in [0.3, 0.4) is 0 Å². The highest BCUT2D eigenvalue weighted by atomic mass is 16.3. The van der Waals surface area contributed by atoms with Crippen molar-refractivity contribution in [2.75, 3.05) is 0 Å². The summed E-state index contributed by atoms with van der Waals surface area (Å²) in [5, 5.41) is 29.4. The lowest BCUT2D eigenvalue weighted by molar-refractivity contribution is -0.00214. The predicted octanol–water partition coefficient (Wildman–Crippen LogP) is 2.48. The summed E-state index contributed by atoms with van der Waals surface area (Å²) in [6.45, 7) is 7.97. The molecule has 0 fully saturated rings. The van der Waals surface area contributed by atoms with Crippen LogP contribution in [0.1, 0.15) is 66.2 Å². The maximum absolute atomic E-state index is 9.99. The molecule has 0 aliphatic heterocycles. The average molecular weight is 246 g/mol. The van der Waals surface area contributed by atoms with Crippen molar-refractivity contribution in [2.45, 2.75) is 84.5 Å². The first-order valence-corrected chi connectivity index (χ1v) is 6.87. The van der Waals surface area contributed by atoms with Gasteiger partial charge in [0.25, 0.3) is 0 Å². The van der Waals surface area contributed by atoms with Gasteiger partial charge in [0, 0.05) is 0 Å². The fourth-order valence-corrected chi connectivity index (χ4v) is 2.10. The second kappa shape index (κ2) is 8.06. The van der Waals surface area contributed by atoms with Gasteiger partial charge in [-0.1, -0.05) is 34.1 Å². The van der Waals surface area contributed by atoms with Crippen LogP contribution in [0, 0.1) is 5.41 Å². The molecule has 0 aliphatic carbocycles. The maximum Gasteiger partial charge on any atom is 0.0592 e. The molecule has 0 aliphatic rings. The minimum atomic E-state index is -0.433. The van der Waals surface area contributed by atoms with E-state index in [4.69, 9.17) is 0 Å². The van der Waals surface area contributed by atoms with Gasteiger partial charge in [-0.3, -0.25) is 0 Å². The number of aliphatic hydroxyl groups excluding tert-OH is 3. The Morgan fingerprint density at radius 1 is 0.882 bits per heavy atom. The summed E-state index contributed by atoms with van der Waals surface area (Å²) in [5.74, 6) is 0. The van der Waals surface area contributed by atoms with Gasteiger partial charge in [0.2, 0.25) is 0 Å². The molecule has 3 nitrogen and oxygen atoms in total. The summed E-state index contributed by atoms with van der Waals surface area (Å²) in [4.78, 5) is 0. The fraction of sp³-hybridized carbons (Fsp3) is 1.00. The Labute approximate surface area is 106 Å². The van der Waals surface area contributed by atoms with E-state index in [1.165, 1.54) is 0 Å². The van der Waals surface area contributed by atoms with Crippen molar-refractivity contribution in [2.24, 2.45) is 5.41 Å². The van der Waals surface area contributed by atoms with E-state index < -0.39 is 6.10 Å². The number of aliphatic hydroxyl groups is 3. The fourth-order valence-electron chi connectivity index (χ4n) is 2.10. The first kappa shape index (κ1) is 16.9. The normalized spacial score (nSPS) is 17.8. The summed E-state index contributed by atoms with van der Waals surface area (Å²) in [7, 11) is 0. The van der Waals surface area contributed by atoms with Crippen LogP contribution in [0.15, 0.2) is 0 Å². The van der Waals surface area contributed by atoms with Gasteiger partial charge in [0.15, 0.2) is 0 Å². The van der Waals surface area contributed by atoms with Crippen LogP contribution in [-0.2, 0) is 0 Å². The molecule has 0 bridgehead atoms. The maximum atomic E-state index is 9.99. The second-order valence-corrected chi connectivity index (χ2v) is 5.79. The van der Waals surface area contributed by atoms with Gasteiger partial charge in [-0.25, -0.2) is 0 Å². The van der Waals surface area contributed by atoms with E-state index in [-0.39, 0.29) is 17.6 Å². The van der Waals surface area contributed by atoms with E-state index in [1.54, 1.807) is 0 Å². The van der Waals surface area contributed by atoms with Crippen molar-refractivity contribution in [3.63, 3.8) is 0 Å². The molecular weight excluding hydrogens is 216 g/mol. The van der Waals surface area contributed by atoms with Gasteiger partial charge in [0.1, 0.15) is 0 Å². The van der Waals surface area contributed by atoms with Crippen molar-refractivity contribution in [1.82, 2.24) is 0 Å². The number of hydrogen-bond donors (Lipinski definition) is 3. The Bertz CT molecular complexity index is 192. The number of hydrogen-bond acceptors (Lipinski definition) is 3. The average Bonchev–Trinajstić information content (AvgIpc) is 2.25. The van der Waals surface area contributed by atoms with Crippen LogP contribution in [0.25, 0.3) is 0 Å². The Morgan fingerprint density at radius 2 is 1.41 bits per heavy atom. The van der Waals surface area contributed by atoms with Crippen molar-refractivity contribution in [1.29, 1.82) is 0 Å². The SMILES string of the molecule is CCCC(O)C(C)(C)CC(O)CCC(O)CC. The minimum Gasteiger partial charge on any atom is -0.393 e. The van der Waals surface area contributed by atoms with Gasteiger partial charge in [0.05, 0.1) is 18.3 Å². The van der Waals surface area contributed by atoms with Crippen LogP contribution in [0.2, 0.25) is 0 Å².